The molecule has 4 rings (SSSR count). The molecule has 0 spiro atoms. The number of fused-ring (bicyclic) bond motifs is 4. The first-order chi connectivity index (χ1) is 13.5. The van der Waals surface area contributed by atoms with E-state index in [1.807, 2.05) is 12.1 Å². The minimum atomic E-state index is -0.740. The quantitative estimate of drug-likeness (QED) is 0.776. The summed E-state index contributed by atoms with van der Waals surface area (Å²) in [5.74, 6) is 1.47. The number of nitrogens with two attached hydrogens (primary N) is 1. The molecule has 3 N–H and O–H groups in total. The van der Waals surface area contributed by atoms with E-state index < -0.39 is 6.03 Å². The molecule has 0 unspecified atom stereocenters. The van der Waals surface area contributed by atoms with E-state index in [4.69, 9.17) is 15.2 Å². The average molecular weight is 384 g/mol. The summed E-state index contributed by atoms with van der Waals surface area (Å²) >= 11 is 0. The van der Waals surface area contributed by atoms with Gasteiger partial charge in [-0.1, -0.05) is 0 Å². The van der Waals surface area contributed by atoms with Crippen molar-refractivity contribution in [3.8, 4) is 11.5 Å². The van der Waals surface area contributed by atoms with E-state index in [1.165, 1.54) is 5.56 Å². The van der Waals surface area contributed by atoms with Crippen LogP contribution < -0.4 is 20.6 Å². The summed E-state index contributed by atoms with van der Waals surface area (Å²) in [6.45, 7) is 0.829. The smallest absolute Gasteiger partial charge is 0.332 e. The van der Waals surface area contributed by atoms with Crippen molar-refractivity contribution in [3.63, 3.8) is 0 Å². The fourth-order valence-electron chi connectivity index (χ4n) is 4.52. The van der Waals surface area contributed by atoms with Gasteiger partial charge in [0, 0.05) is 25.1 Å². The molecule has 0 saturated heterocycles. The molecule has 0 fully saturated rings. The molecule has 148 valence electrons. The summed E-state index contributed by atoms with van der Waals surface area (Å²) in [4.78, 5) is 26.1. The Morgan fingerprint density at radius 3 is 2.68 bits per heavy atom. The van der Waals surface area contributed by atoms with Crippen LogP contribution in [0.4, 0.5) is 4.79 Å². The molecule has 0 aromatic heterocycles. The number of Topliss-reactive ketones (excluding diaryl/α,β-unsaturated/α-hetero) is 1. The first-order valence-corrected chi connectivity index (χ1v) is 9.43. The number of allylic oxidation sites excluding steroid dienone is 2. The minimum absolute atomic E-state index is 0.0293. The van der Waals surface area contributed by atoms with Crippen molar-refractivity contribution in [3.05, 3.63) is 34.5 Å². The molecule has 0 saturated carbocycles. The Morgan fingerprint density at radius 2 is 1.96 bits per heavy atom. The molecule has 1 atom stereocenters. The van der Waals surface area contributed by atoms with E-state index in [2.05, 4.69) is 15.4 Å². The van der Waals surface area contributed by atoms with E-state index in [9.17, 15) is 9.59 Å². The van der Waals surface area contributed by atoms with Gasteiger partial charge in [-0.2, -0.15) is 5.10 Å². The summed E-state index contributed by atoms with van der Waals surface area (Å²) in [7, 11) is 3.25. The van der Waals surface area contributed by atoms with Crippen LogP contribution in [-0.2, 0) is 11.2 Å². The van der Waals surface area contributed by atoms with Crippen LogP contribution in [0.5, 0.6) is 11.5 Å². The van der Waals surface area contributed by atoms with Gasteiger partial charge in [-0.15, -0.1) is 0 Å². The largest absolute Gasteiger partial charge is 0.493 e. The highest BCUT2D eigenvalue weighted by atomic mass is 16.5. The summed E-state index contributed by atoms with van der Waals surface area (Å²) in [5, 5.41) is 4.19. The van der Waals surface area contributed by atoms with Gasteiger partial charge in [0.1, 0.15) is 0 Å². The van der Waals surface area contributed by atoms with Gasteiger partial charge in [-0.25, -0.2) is 10.2 Å². The molecule has 2 aliphatic heterocycles. The third-order valence-corrected chi connectivity index (χ3v) is 5.71. The predicted octanol–water partition coefficient (Wildman–Crippen LogP) is 2.04. The van der Waals surface area contributed by atoms with Crippen molar-refractivity contribution in [1.29, 1.82) is 0 Å². The average Bonchev–Trinajstić information content (AvgIpc) is 2.70. The highest BCUT2D eigenvalue weighted by Crippen LogP contribution is 2.46. The van der Waals surface area contributed by atoms with E-state index >= 15 is 0 Å². The zero-order valence-electron chi connectivity index (χ0n) is 16.1. The number of methoxy groups -OCH3 is 2. The van der Waals surface area contributed by atoms with Crippen LogP contribution in [0.3, 0.4) is 0 Å². The first kappa shape index (κ1) is 18.3. The van der Waals surface area contributed by atoms with Gasteiger partial charge in [0.15, 0.2) is 17.3 Å². The van der Waals surface area contributed by atoms with E-state index in [0.717, 1.165) is 37.1 Å². The molecule has 3 aliphatic rings. The van der Waals surface area contributed by atoms with E-state index in [0.29, 0.717) is 35.6 Å². The van der Waals surface area contributed by atoms with Crippen molar-refractivity contribution < 1.29 is 19.1 Å². The Hall–Kier alpha value is -3.03. The van der Waals surface area contributed by atoms with Gasteiger partial charge in [-0.3, -0.25) is 4.79 Å². The number of benzene rings is 1. The highest BCUT2D eigenvalue weighted by Gasteiger charge is 2.40. The third kappa shape index (κ3) is 2.98. The summed E-state index contributed by atoms with van der Waals surface area (Å²) in [6, 6.07) is 3.33. The van der Waals surface area contributed by atoms with Crippen molar-refractivity contribution in [1.82, 2.24) is 10.3 Å². The van der Waals surface area contributed by atoms with Crippen molar-refractivity contribution in [2.45, 2.75) is 38.1 Å². The second-order valence-electron chi connectivity index (χ2n) is 7.20. The van der Waals surface area contributed by atoms with Gasteiger partial charge in [-0.05, 0) is 42.5 Å². The lowest BCUT2D eigenvalue weighted by Crippen LogP contribution is -2.44. The third-order valence-electron chi connectivity index (χ3n) is 5.71. The number of ketones is 1. The van der Waals surface area contributed by atoms with Crippen molar-refractivity contribution in [2.24, 2.45) is 10.8 Å². The van der Waals surface area contributed by atoms with Crippen molar-refractivity contribution in [2.75, 3.05) is 20.8 Å². The Bertz CT molecular complexity index is 906. The molecule has 2 heterocycles. The predicted molar refractivity (Wildman–Crippen MR) is 103 cm³/mol. The number of nitrogens with zero attached hydrogens (tertiary/aromatic N) is 2. The molecule has 1 aliphatic carbocycles. The lowest BCUT2D eigenvalue weighted by atomic mass is 9.79. The Labute approximate surface area is 163 Å². The molecule has 8 heteroatoms. The Kier molecular flexibility index (Phi) is 4.70. The number of rotatable bonds is 3. The van der Waals surface area contributed by atoms with Gasteiger partial charge in [0.05, 0.1) is 31.5 Å². The van der Waals surface area contributed by atoms with Crippen LogP contribution in [0.25, 0.3) is 0 Å². The number of hydrogen-bond donors (Lipinski definition) is 2. The van der Waals surface area contributed by atoms with Crippen LogP contribution >= 0.6 is 0 Å². The fourth-order valence-corrected chi connectivity index (χ4v) is 4.52. The molecule has 0 radical (unpaired) electrons. The van der Waals surface area contributed by atoms with Gasteiger partial charge >= 0.3 is 6.03 Å². The lowest BCUT2D eigenvalue weighted by Gasteiger charge is -2.46. The number of primary amides is 1. The second kappa shape index (κ2) is 7.18. The SMILES string of the molecule is COc1cc2c(cc1OC)[C@H]1CC(=NNC(N)=O)C3=C(CCCC3=O)N1CC2. The number of hydrogen-bond acceptors (Lipinski definition) is 6. The zero-order valence-corrected chi connectivity index (χ0v) is 16.1. The monoisotopic (exact) mass is 384 g/mol. The van der Waals surface area contributed by atoms with Gasteiger partial charge in [0.2, 0.25) is 0 Å². The summed E-state index contributed by atoms with van der Waals surface area (Å²) < 4.78 is 10.9. The van der Waals surface area contributed by atoms with Crippen LogP contribution in [0.1, 0.15) is 42.9 Å². The minimum Gasteiger partial charge on any atom is -0.493 e. The topological polar surface area (TPSA) is 106 Å². The maximum Gasteiger partial charge on any atom is 0.332 e. The van der Waals surface area contributed by atoms with Crippen LogP contribution in [0, 0.1) is 0 Å². The number of ether oxygens (including phenoxy) is 2. The standard InChI is InChI=1S/C20H24N4O4/c1-27-17-8-11-6-7-24-14-4-3-5-16(25)19(14)13(22-23-20(21)26)10-15(24)12(11)9-18(17)28-2/h8-9,15H,3-7,10H2,1-2H3,(H3,21,23,26)/t15-/m1/s1. The fraction of sp³-hybridized carbons (Fsp3) is 0.450. The van der Waals surface area contributed by atoms with Gasteiger partial charge < -0.3 is 20.1 Å². The lowest BCUT2D eigenvalue weighted by molar-refractivity contribution is -0.115. The van der Waals surface area contributed by atoms with E-state index in [-0.39, 0.29) is 11.8 Å². The normalized spacial score (nSPS) is 22.4. The number of hydrazone groups is 1. The highest BCUT2D eigenvalue weighted by molar-refractivity contribution is 6.24. The summed E-state index contributed by atoms with van der Waals surface area (Å²) in [5.41, 5.74) is 12.1. The number of urea groups is 1. The molecule has 8 nitrogen and oxygen atoms in total. The molecule has 28 heavy (non-hydrogen) atoms. The molecular formula is C20H24N4O4. The maximum absolute atomic E-state index is 12.6. The second-order valence-corrected chi connectivity index (χ2v) is 7.20. The van der Waals surface area contributed by atoms with Crippen LogP contribution in [0.2, 0.25) is 0 Å². The first-order valence-electron chi connectivity index (χ1n) is 9.43. The maximum atomic E-state index is 12.6. The molecule has 1 aromatic rings. The van der Waals surface area contributed by atoms with Crippen molar-refractivity contribution >= 4 is 17.5 Å². The summed E-state index contributed by atoms with van der Waals surface area (Å²) in [6.07, 6.45) is 3.55. The molecule has 0 bridgehead atoms. The number of carbonyl (C=O) groups is 2. The van der Waals surface area contributed by atoms with Crippen LogP contribution in [-0.4, -0.2) is 43.2 Å². The Morgan fingerprint density at radius 1 is 1.21 bits per heavy atom. The number of amides is 2. The number of nitrogens with one attached hydrogen (secondary N) is 1. The van der Waals surface area contributed by atoms with Gasteiger partial charge in [0.25, 0.3) is 0 Å². The van der Waals surface area contributed by atoms with Crippen LogP contribution in [0.15, 0.2) is 28.5 Å². The van der Waals surface area contributed by atoms with E-state index in [1.54, 1.807) is 14.2 Å². The zero-order chi connectivity index (χ0) is 19.8. The number of carbonyl (C=O) groups excluding carboxylic acids is 2. The molecular weight excluding hydrogens is 360 g/mol. The Balaban J connectivity index is 1.82. The molecule has 1 aromatic carbocycles. The molecule has 2 amide bonds.